The largest absolute Gasteiger partial charge is 0.256 e. The van der Waals surface area contributed by atoms with Gasteiger partial charge in [-0.15, -0.1) is 0 Å². The van der Waals surface area contributed by atoms with E-state index in [9.17, 15) is 0 Å². The van der Waals surface area contributed by atoms with E-state index in [1.807, 2.05) is 12.3 Å². The lowest BCUT2D eigenvalue weighted by atomic mass is 9.61. The SMILES string of the molecule is c1ccc2c(c1)-c1cc(-c3ccc(-c4cnc5ccccc5c4)cc3)ccc1C21c2ccccc2-c2cccc3cccc1c23. The molecular weight excluding hydrogens is 542 g/mol. The van der Waals surface area contributed by atoms with Crippen LogP contribution in [0.25, 0.3) is 66.2 Å². The highest BCUT2D eigenvalue weighted by molar-refractivity contribution is 6.07. The Morgan fingerprint density at radius 1 is 0.356 bits per heavy atom. The highest BCUT2D eigenvalue weighted by atomic mass is 14.6. The van der Waals surface area contributed by atoms with Crippen molar-refractivity contribution in [3.63, 3.8) is 0 Å². The van der Waals surface area contributed by atoms with E-state index in [0.29, 0.717) is 0 Å². The van der Waals surface area contributed by atoms with Crippen LogP contribution in [0.15, 0.2) is 164 Å². The smallest absolute Gasteiger partial charge is 0.0725 e. The summed E-state index contributed by atoms with van der Waals surface area (Å²) >= 11 is 0. The number of aromatic nitrogens is 1. The number of benzene rings is 7. The molecule has 7 aromatic carbocycles. The van der Waals surface area contributed by atoms with Crippen molar-refractivity contribution in [2.75, 3.05) is 0 Å². The highest BCUT2D eigenvalue weighted by Crippen LogP contribution is 2.62. The minimum atomic E-state index is -0.373. The first-order chi connectivity index (χ1) is 22.3. The van der Waals surface area contributed by atoms with Crippen LogP contribution in [0.3, 0.4) is 0 Å². The van der Waals surface area contributed by atoms with E-state index >= 15 is 0 Å². The van der Waals surface area contributed by atoms with Crippen LogP contribution in [0.1, 0.15) is 22.3 Å². The highest BCUT2D eigenvalue weighted by Gasteiger charge is 2.49. The van der Waals surface area contributed by atoms with Crippen molar-refractivity contribution in [2.45, 2.75) is 5.41 Å². The topological polar surface area (TPSA) is 12.9 Å². The number of hydrogen-bond acceptors (Lipinski definition) is 1. The van der Waals surface area contributed by atoms with Crippen LogP contribution in [-0.4, -0.2) is 4.98 Å². The summed E-state index contributed by atoms with van der Waals surface area (Å²) in [6.45, 7) is 0. The second kappa shape index (κ2) is 9.11. The molecule has 10 rings (SSSR count). The molecular formula is C44H27N. The lowest BCUT2D eigenvalue weighted by Gasteiger charge is -2.40. The monoisotopic (exact) mass is 569 g/mol. The molecule has 45 heavy (non-hydrogen) atoms. The lowest BCUT2D eigenvalue weighted by molar-refractivity contribution is 0.773. The minimum absolute atomic E-state index is 0.373. The summed E-state index contributed by atoms with van der Waals surface area (Å²) in [5.41, 5.74) is 16.2. The van der Waals surface area contributed by atoms with Gasteiger partial charge in [-0.05, 0) is 90.2 Å². The number of rotatable bonds is 2. The van der Waals surface area contributed by atoms with Crippen molar-refractivity contribution in [2.24, 2.45) is 0 Å². The summed E-state index contributed by atoms with van der Waals surface area (Å²) < 4.78 is 0. The zero-order valence-electron chi connectivity index (χ0n) is 24.5. The molecule has 0 saturated heterocycles. The van der Waals surface area contributed by atoms with E-state index in [4.69, 9.17) is 0 Å². The minimum Gasteiger partial charge on any atom is -0.256 e. The Morgan fingerprint density at radius 3 is 1.71 bits per heavy atom. The van der Waals surface area contributed by atoms with Crippen molar-refractivity contribution in [3.8, 4) is 44.5 Å². The summed E-state index contributed by atoms with van der Waals surface area (Å²) in [4.78, 5) is 4.68. The van der Waals surface area contributed by atoms with Crippen LogP contribution >= 0.6 is 0 Å². The maximum atomic E-state index is 4.68. The van der Waals surface area contributed by atoms with E-state index in [-0.39, 0.29) is 5.41 Å². The summed E-state index contributed by atoms with van der Waals surface area (Å²) in [5, 5.41) is 3.82. The Labute approximate surface area is 262 Å². The zero-order chi connectivity index (χ0) is 29.5. The molecule has 1 heteroatoms. The molecule has 0 N–H and O–H groups in total. The van der Waals surface area contributed by atoms with Crippen molar-refractivity contribution in [1.82, 2.24) is 4.98 Å². The molecule has 1 spiro atoms. The number of fused-ring (bicyclic) bond motifs is 10. The van der Waals surface area contributed by atoms with E-state index in [1.165, 1.54) is 72.0 Å². The normalized spacial score (nSPS) is 15.6. The van der Waals surface area contributed by atoms with Gasteiger partial charge in [-0.3, -0.25) is 4.98 Å². The van der Waals surface area contributed by atoms with E-state index in [2.05, 4.69) is 157 Å². The van der Waals surface area contributed by atoms with E-state index in [1.54, 1.807) is 0 Å². The van der Waals surface area contributed by atoms with Crippen LogP contribution in [0.2, 0.25) is 0 Å². The Kier molecular flexibility index (Phi) is 4.99. The third-order valence-electron chi connectivity index (χ3n) is 10.1. The van der Waals surface area contributed by atoms with Gasteiger partial charge < -0.3 is 0 Å². The molecule has 1 aromatic heterocycles. The predicted octanol–water partition coefficient (Wildman–Crippen LogP) is 11.1. The van der Waals surface area contributed by atoms with Crippen LogP contribution in [0.5, 0.6) is 0 Å². The molecule has 1 unspecified atom stereocenters. The van der Waals surface area contributed by atoms with Crippen molar-refractivity contribution < 1.29 is 0 Å². The van der Waals surface area contributed by atoms with Gasteiger partial charge in [0.2, 0.25) is 0 Å². The van der Waals surface area contributed by atoms with Gasteiger partial charge in [0.05, 0.1) is 10.9 Å². The maximum absolute atomic E-state index is 4.68. The zero-order valence-corrected chi connectivity index (χ0v) is 24.5. The quantitative estimate of drug-likeness (QED) is 0.202. The Balaban J connectivity index is 1.17. The molecule has 0 bridgehead atoms. The number of nitrogens with zero attached hydrogens (tertiary/aromatic N) is 1. The maximum Gasteiger partial charge on any atom is 0.0725 e. The van der Waals surface area contributed by atoms with Crippen LogP contribution in [0.4, 0.5) is 0 Å². The molecule has 1 heterocycles. The standard InChI is InChI=1S/C44H27N/c1-6-18-42-32(9-1)25-33(27-45-42)29-21-19-28(20-22-29)31-23-24-40-37(26-31)35-13-3-5-16-39(35)44(40)38-15-4-2-12-34(38)36-14-7-10-30-11-8-17-41(44)43(30)36/h1-27H. The van der Waals surface area contributed by atoms with Gasteiger partial charge in [-0.1, -0.05) is 140 Å². The Hall–Kier alpha value is -5.79. The van der Waals surface area contributed by atoms with E-state index in [0.717, 1.165) is 16.5 Å². The molecule has 2 aliphatic carbocycles. The van der Waals surface area contributed by atoms with E-state index < -0.39 is 0 Å². The van der Waals surface area contributed by atoms with Gasteiger partial charge in [0.25, 0.3) is 0 Å². The first-order valence-corrected chi connectivity index (χ1v) is 15.6. The Morgan fingerprint density at radius 2 is 0.911 bits per heavy atom. The number of pyridine rings is 1. The third kappa shape index (κ3) is 3.30. The van der Waals surface area contributed by atoms with Crippen LogP contribution in [-0.2, 0) is 5.41 Å². The van der Waals surface area contributed by atoms with Gasteiger partial charge in [0.1, 0.15) is 0 Å². The van der Waals surface area contributed by atoms with Crippen molar-refractivity contribution in [3.05, 3.63) is 186 Å². The molecule has 8 aromatic rings. The molecule has 0 aliphatic heterocycles. The van der Waals surface area contributed by atoms with Gasteiger partial charge >= 0.3 is 0 Å². The molecule has 0 amide bonds. The summed E-state index contributed by atoms with van der Waals surface area (Å²) in [6.07, 6.45) is 1.98. The summed E-state index contributed by atoms with van der Waals surface area (Å²) in [5.74, 6) is 0. The summed E-state index contributed by atoms with van der Waals surface area (Å²) in [6, 6.07) is 58.3. The molecule has 2 aliphatic rings. The molecule has 208 valence electrons. The van der Waals surface area contributed by atoms with Gasteiger partial charge in [0.15, 0.2) is 0 Å². The molecule has 0 saturated carbocycles. The van der Waals surface area contributed by atoms with Gasteiger partial charge in [-0.2, -0.15) is 0 Å². The second-order valence-corrected chi connectivity index (χ2v) is 12.3. The second-order valence-electron chi connectivity index (χ2n) is 12.3. The fourth-order valence-electron chi connectivity index (χ4n) is 8.20. The lowest BCUT2D eigenvalue weighted by Crippen LogP contribution is -2.31. The average molecular weight is 570 g/mol. The number of para-hydroxylation sites is 1. The Bertz CT molecular complexity index is 2480. The van der Waals surface area contributed by atoms with Crippen molar-refractivity contribution in [1.29, 1.82) is 0 Å². The molecule has 1 atom stereocenters. The molecule has 0 fully saturated rings. The van der Waals surface area contributed by atoms with Crippen LogP contribution in [0, 0.1) is 0 Å². The first kappa shape index (κ1) is 24.6. The van der Waals surface area contributed by atoms with Crippen molar-refractivity contribution >= 4 is 21.7 Å². The number of hydrogen-bond donors (Lipinski definition) is 0. The fourth-order valence-corrected chi connectivity index (χ4v) is 8.20. The third-order valence-corrected chi connectivity index (χ3v) is 10.1. The van der Waals surface area contributed by atoms with Gasteiger partial charge in [-0.25, -0.2) is 0 Å². The molecule has 1 nitrogen and oxygen atoms in total. The first-order valence-electron chi connectivity index (χ1n) is 15.6. The molecule has 0 radical (unpaired) electrons. The average Bonchev–Trinajstić information content (AvgIpc) is 3.40. The van der Waals surface area contributed by atoms with Crippen LogP contribution < -0.4 is 0 Å². The van der Waals surface area contributed by atoms with Gasteiger partial charge in [0, 0.05) is 17.1 Å². The fraction of sp³-hybridized carbons (Fsp3) is 0.0227. The predicted molar refractivity (Wildman–Crippen MR) is 186 cm³/mol. The summed E-state index contributed by atoms with van der Waals surface area (Å²) in [7, 11) is 0.